The number of ether oxygens (including phenoxy) is 2. The number of likely N-dealkylation sites (tertiary alicyclic amines) is 1. The summed E-state index contributed by atoms with van der Waals surface area (Å²) in [7, 11) is 0. The predicted octanol–water partition coefficient (Wildman–Crippen LogP) is 7.17. The first-order valence-corrected chi connectivity index (χ1v) is 25.1. The smallest absolute Gasteiger partial charge is 0.261 e. The van der Waals surface area contributed by atoms with E-state index in [0.717, 1.165) is 38.5 Å². The maximum atomic E-state index is 14.0. The Balaban J connectivity index is 0.844. The van der Waals surface area contributed by atoms with Crippen LogP contribution in [0, 0.1) is 30.6 Å². The minimum absolute atomic E-state index is 0.0248. The van der Waals surface area contributed by atoms with Crippen LogP contribution in [0.4, 0.5) is 17.1 Å². The summed E-state index contributed by atoms with van der Waals surface area (Å²) in [5, 5.41) is 32.6. The number of amides is 4. The third kappa shape index (κ3) is 13.6. The monoisotopic (exact) mass is 1010 g/mol. The Labute approximate surface area is 429 Å². The summed E-state index contributed by atoms with van der Waals surface area (Å²) < 4.78 is 12.9. The zero-order valence-corrected chi connectivity index (χ0v) is 43.1. The fourth-order valence-electron chi connectivity index (χ4n) is 8.37. The number of nitrogens with one attached hydrogen (secondary N) is 4. The van der Waals surface area contributed by atoms with Crippen LogP contribution in [0.2, 0.25) is 0 Å². The van der Waals surface area contributed by atoms with E-state index < -0.39 is 40.8 Å². The summed E-state index contributed by atoms with van der Waals surface area (Å²) in [6, 6.07) is 26.1. The molecule has 17 nitrogen and oxygen atoms in total. The molecule has 2 aromatic heterocycles. The standard InChI is InChI=1S/C55H63N9O8S/c1-34-11-16-41(61-50(67)38-9-8-10-39(25-38)55(6,7)31-56)27-45(34)60-40-17-18-44-43(26-40)52(69)63(32-58-44)20-22-72-24-23-71-21-19-47(66)62-49(54(3,4)5)53(70)64-30-42(65)28-46(64)51(68)57-29-36-12-14-37(15-13-36)48-35(2)59-33-73-48/h8-18,25-27,32-33,42,46,49,60,65H,19-24,28-30H2,1-7H3,(H,57,68)(H,61,67)(H,62,66)/t42-,46+,49-/m1/s1. The second-order valence-electron chi connectivity index (χ2n) is 19.8. The van der Waals surface area contributed by atoms with Gasteiger partial charge in [0.15, 0.2) is 0 Å². The molecule has 5 N–H and O–H groups in total. The van der Waals surface area contributed by atoms with Crippen LogP contribution in [-0.4, -0.2) is 99.3 Å². The Kier molecular flexibility index (Phi) is 17.2. The van der Waals surface area contributed by atoms with Gasteiger partial charge in [-0.1, -0.05) is 63.2 Å². The Morgan fingerprint density at radius 2 is 1.64 bits per heavy atom. The van der Waals surface area contributed by atoms with Crippen LogP contribution in [0.3, 0.4) is 0 Å². The van der Waals surface area contributed by atoms with Crippen molar-refractivity contribution in [2.75, 3.05) is 43.6 Å². The molecule has 0 saturated carbocycles. The van der Waals surface area contributed by atoms with Crippen molar-refractivity contribution in [2.45, 2.75) is 98.0 Å². The van der Waals surface area contributed by atoms with Crippen molar-refractivity contribution in [1.82, 2.24) is 30.1 Å². The molecule has 0 spiro atoms. The zero-order valence-electron chi connectivity index (χ0n) is 42.3. The Morgan fingerprint density at radius 1 is 0.904 bits per heavy atom. The summed E-state index contributed by atoms with van der Waals surface area (Å²) in [6.45, 7) is 14.1. The largest absolute Gasteiger partial charge is 0.391 e. The fourth-order valence-corrected chi connectivity index (χ4v) is 9.18. The molecule has 7 rings (SSSR count). The molecule has 0 bridgehead atoms. The molecule has 1 saturated heterocycles. The van der Waals surface area contributed by atoms with E-state index in [4.69, 9.17) is 9.47 Å². The topological polar surface area (TPSA) is 230 Å². The number of aliphatic hydroxyl groups is 1. The molecular formula is C55H63N9O8S. The lowest BCUT2D eigenvalue weighted by atomic mass is 9.85. The number of carbonyl (C=O) groups is 4. The van der Waals surface area contributed by atoms with Crippen LogP contribution in [-0.2, 0) is 42.4 Å². The first-order valence-electron chi connectivity index (χ1n) is 24.2. The highest BCUT2D eigenvalue weighted by molar-refractivity contribution is 7.13. The Bertz CT molecular complexity index is 3070. The number of nitrogens with zero attached hydrogens (tertiary/aromatic N) is 5. The van der Waals surface area contributed by atoms with Crippen LogP contribution in [0.25, 0.3) is 21.3 Å². The first kappa shape index (κ1) is 53.5. The van der Waals surface area contributed by atoms with Gasteiger partial charge in [0, 0.05) is 48.6 Å². The SMILES string of the molecule is Cc1ccc(NC(=O)c2cccc(C(C)(C)C#N)c2)cc1Nc1ccc2ncn(CCOCCOCCC(=O)N[C@H](C(=O)N3C[C@H](O)C[C@H]3C(=O)NCc3ccc(-c4scnc4C)cc3)C(C)(C)C)c(=O)c2c1. The van der Waals surface area contributed by atoms with Crippen molar-refractivity contribution < 1.29 is 33.8 Å². The Hall–Kier alpha value is -7.30. The van der Waals surface area contributed by atoms with Gasteiger partial charge in [0.25, 0.3) is 11.5 Å². The number of aryl methyl sites for hydroxylation is 2. The van der Waals surface area contributed by atoms with Crippen molar-refractivity contribution in [1.29, 1.82) is 5.26 Å². The number of hydrogen-bond donors (Lipinski definition) is 5. The van der Waals surface area contributed by atoms with Gasteiger partial charge in [-0.2, -0.15) is 5.26 Å². The third-order valence-electron chi connectivity index (χ3n) is 12.8. The molecule has 1 aliphatic heterocycles. The minimum atomic E-state index is -0.967. The lowest BCUT2D eigenvalue weighted by Gasteiger charge is -2.35. The minimum Gasteiger partial charge on any atom is -0.391 e. The molecule has 1 fully saturated rings. The van der Waals surface area contributed by atoms with Crippen molar-refractivity contribution in [3.8, 4) is 16.5 Å². The van der Waals surface area contributed by atoms with Crippen LogP contribution >= 0.6 is 11.3 Å². The predicted molar refractivity (Wildman–Crippen MR) is 281 cm³/mol. The summed E-state index contributed by atoms with van der Waals surface area (Å²) in [6.07, 6.45) is 0.651. The van der Waals surface area contributed by atoms with Gasteiger partial charge in [0.2, 0.25) is 17.7 Å². The molecule has 3 atom stereocenters. The summed E-state index contributed by atoms with van der Waals surface area (Å²) in [4.78, 5) is 78.7. The molecule has 18 heteroatoms. The maximum absolute atomic E-state index is 14.0. The summed E-state index contributed by atoms with van der Waals surface area (Å²) in [5.74, 6) is -1.54. The van der Waals surface area contributed by atoms with Crippen molar-refractivity contribution in [3.63, 3.8) is 0 Å². The van der Waals surface area contributed by atoms with E-state index in [-0.39, 0.29) is 76.3 Å². The van der Waals surface area contributed by atoms with Crippen molar-refractivity contribution in [3.05, 3.63) is 135 Å². The maximum Gasteiger partial charge on any atom is 0.261 e. The van der Waals surface area contributed by atoms with Crippen molar-refractivity contribution in [2.24, 2.45) is 5.41 Å². The fraction of sp³-hybridized carbons (Fsp3) is 0.382. The quantitative estimate of drug-likeness (QED) is 0.0480. The number of hydrogen-bond acceptors (Lipinski definition) is 13. The molecule has 0 unspecified atom stereocenters. The highest BCUT2D eigenvalue weighted by Gasteiger charge is 2.44. The third-order valence-corrected chi connectivity index (χ3v) is 13.7. The normalized spacial score (nSPS) is 15.1. The van der Waals surface area contributed by atoms with E-state index in [2.05, 4.69) is 37.3 Å². The van der Waals surface area contributed by atoms with Gasteiger partial charge in [-0.25, -0.2) is 9.97 Å². The van der Waals surface area contributed by atoms with E-state index >= 15 is 0 Å². The number of rotatable bonds is 20. The van der Waals surface area contributed by atoms with E-state index in [0.29, 0.717) is 27.8 Å². The molecule has 0 aliphatic carbocycles. The number of thiazole rings is 1. The highest BCUT2D eigenvalue weighted by atomic mass is 32.1. The number of benzene rings is 4. The second-order valence-corrected chi connectivity index (χ2v) is 20.7. The average Bonchev–Trinajstić information content (AvgIpc) is 3.99. The molecule has 4 aromatic carbocycles. The number of fused-ring (bicyclic) bond motifs is 1. The van der Waals surface area contributed by atoms with Crippen LogP contribution < -0.4 is 26.8 Å². The van der Waals surface area contributed by atoms with Crippen LogP contribution in [0.1, 0.15) is 80.2 Å². The lowest BCUT2D eigenvalue weighted by Crippen LogP contribution is -2.57. The van der Waals surface area contributed by atoms with Gasteiger partial charge < -0.3 is 40.7 Å². The Morgan fingerprint density at radius 3 is 2.36 bits per heavy atom. The lowest BCUT2D eigenvalue weighted by molar-refractivity contribution is -0.144. The molecule has 3 heterocycles. The average molecular weight is 1010 g/mol. The van der Waals surface area contributed by atoms with E-state index in [1.165, 1.54) is 15.8 Å². The molecule has 73 heavy (non-hydrogen) atoms. The molecule has 6 aromatic rings. The molecule has 0 radical (unpaired) electrons. The van der Waals surface area contributed by atoms with Gasteiger partial charge >= 0.3 is 0 Å². The van der Waals surface area contributed by atoms with E-state index in [1.807, 2.05) is 89.2 Å². The van der Waals surface area contributed by atoms with E-state index in [9.17, 15) is 34.3 Å². The highest BCUT2D eigenvalue weighted by Crippen LogP contribution is 2.30. The molecule has 1 aliphatic rings. The van der Waals surface area contributed by atoms with Gasteiger partial charge in [0.05, 0.1) is 83.9 Å². The van der Waals surface area contributed by atoms with Gasteiger partial charge in [-0.3, -0.25) is 28.5 Å². The summed E-state index contributed by atoms with van der Waals surface area (Å²) >= 11 is 1.56. The number of anilines is 3. The number of β-amino-alcohol motifs (C(OH)–C–C–N with tert-alkyl or cyclic N) is 1. The number of nitriles is 1. The van der Waals surface area contributed by atoms with Crippen LogP contribution in [0.5, 0.6) is 0 Å². The van der Waals surface area contributed by atoms with E-state index in [1.54, 1.807) is 61.0 Å². The van der Waals surface area contributed by atoms with Gasteiger partial charge in [-0.15, -0.1) is 11.3 Å². The van der Waals surface area contributed by atoms with Crippen LogP contribution in [0.15, 0.2) is 102 Å². The number of carbonyl (C=O) groups excluding carboxylic acids is 4. The zero-order chi connectivity index (χ0) is 52.5. The number of aliphatic hydroxyl groups excluding tert-OH is 1. The molecular weight excluding hydrogens is 947 g/mol. The van der Waals surface area contributed by atoms with Crippen molar-refractivity contribution >= 4 is 62.9 Å². The second kappa shape index (κ2) is 23.5. The van der Waals surface area contributed by atoms with Gasteiger partial charge in [-0.05, 0) is 97.8 Å². The number of aromatic nitrogens is 3. The molecule has 4 amide bonds. The first-order chi connectivity index (χ1) is 34.8. The molecule has 382 valence electrons. The van der Waals surface area contributed by atoms with Gasteiger partial charge in [0.1, 0.15) is 12.1 Å². The summed E-state index contributed by atoms with van der Waals surface area (Å²) in [5.41, 5.74) is 7.56.